The summed E-state index contributed by atoms with van der Waals surface area (Å²) >= 11 is 1.10. The van der Waals surface area contributed by atoms with Gasteiger partial charge < -0.3 is 20.9 Å². The van der Waals surface area contributed by atoms with E-state index in [0.29, 0.717) is 5.56 Å². The van der Waals surface area contributed by atoms with Crippen molar-refractivity contribution in [2.75, 3.05) is 5.75 Å². The van der Waals surface area contributed by atoms with Crippen LogP contribution in [-0.2, 0) is 28.7 Å². The zero-order valence-electron chi connectivity index (χ0n) is 14.2. The minimum atomic E-state index is -1.45. The Labute approximate surface area is 162 Å². The number of hydrogen-bond acceptors (Lipinski definition) is 7. The molecular weight excluding hydrogens is 390 g/mol. The summed E-state index contributed by atoms with van der Waals surface area (Å²) in [6.45, 7) is 0.131. The second kappa shape index (κ2) is 7.72. The van der Waals surface area contributed by atoms with E-state index < -0.39 is 46.9 Å². The summed E-state index contributed by atoms with van der Waals surface area (Å²) < 4.78 is 4.85. The van der Waals surface area contributed by atoms with Gasteiger partial charge in [0.1, 0.15) is 17.1 Å². The van der Waals surface area contributed by atoms with Crippen LogP contribution in [0.2, 0.25) is 0 Å². The van der Waals surface area contributed by atoms with Gasteiger partial charge in [-0.25, -0.2) is 4.79 Å². The van der Waals surface area contributed by atoms with Crippen LogP contribution in [0, 0.1) is 0 Å². The van der Waals surface area contributed by atoms with Crippen molar-refractivity contribution in [2.45, 2.75) is 17.5 Å². The van der Waals surface area contributed by atoms with E-state index in [1.807, 2.05) is 0 Å². The number of primary amides is 1. The number of fused-ring (bicyclic) bond motifs is 1. The van der Waals surface area contributed by atoms with E-state index in [0.717, 1.165) is 16.7 Å². The number of nitrogens with two attached hydrogens (primary N) is 1. The van der Waals surface area contributed by atoms with Crippen LogP contribution in [0.4, 0.5) is 0 Å². The van der Waals surface area contributed by atoms with Crippen molar-refractivity contribution >= 4 is 41.9 Å². The lowest BCUT2D eigenvalue weighted by Gasteiger charge is -2.49. The zero-order valence-corrected chi connectivity index (χ0v) is 15.0. The quantitative estimate of drug-likeness (QED) is 0.390. The number of aliphatic carboxylic acids is 1. The number of amides is 3. The molecule has 0 bridgehead atoms. The largest absolute Gasteiger partial charge is 0.477 e. The molecule has 0 radical (unpaired) electrons. The van der Waals surface area contributed by atoms with E-state index in [-0.39, 0.29) is 17.8 Å². The van der Waals surface area contributed by atoms with Crippen molar-refractivity contribution in [2.24, 2.45) is 5.73 Å². The minimum Gasteiger partial charge on any atom is -0.477 e. The van der Waals surface area contributed by atoms with Crippen molar-refractivity contribution in [1.29, 1.82) is 0 Å². The maximum Gasteiger partial charge on any atom is 0.353 e. The first-order valence-corrected chi connectivity index (χ1v) is 9.07. The summed E-state index contributed by atoms with van der Waals surface area (Å²) in [6.07, 6.45) is -1.26. The number of carboxylic acids is 1. The van der Waals surface area contributed by atoms with Crippen LogP contribution in [0.15, 0.2) is 41.6 Å². The summed E-state index contributed by atoms with van der Waals surface area (Å²) in [7, 11) is 0. The second-order valence-electron chi connectivity index (χ2n) is 5.92. The fourth-order valence-electron chi connectivity index (χ4n) is 3.01. The number of carbonyl (C=O) groups excluding carboxylic acids is 4. The van der Waals surface area contributed by atoms with Gasteiger partial charge in [0.05, 0.1) is 5.57 Å². The number of carbonyl (C=O) groups is 5. The van der Waals surface area contributed by atoms with Crippen LogP contribution in [0.3, 0.4) is 0 Å². The topological polar surface area (TPSA) is 156 Å². The van der Waals surface area contributed by atoms with Crippen molar-refractivity contribution in [3.63, 3.8) is 0 Å². The molecule has 2 heterocycles. The zero-order chi connectivity index (χ0) is 20.4. The first-order valence-electron chi connectivity index (χ1n) is 8.02. The molecule has 4 N–H and O–H groups in total. The Hall–Kier alpha value is -3.34. The molecule has 3 rings (SSSR count). The molecule has 2 aliphatic heterocycles. The standard InChI is InChI=1S/C17H15N3O7S/c18-13(22)9-6-28-16-10(15(24)20(16)11(9)17(25)26)19-14(23)12(27-7-21)8-4-2-1-3-5-8/h1-5,7,10,12,16H,6H2,(H2,18,22)(H,19,23)(H,25,26)/t10?,12?,16-/m0/s1. The predicted octanol–water partition coefficient (Wildman–Crippen LogP) is -0.875. The fraction of sp³-hybridized carbons (Fsp3) is 0.235. The minimum absolute atomic E-state index is 0.00919. The van der Waals surface area contributed by atoms with Crippen LogP contribution in [-0.4, -0.2) is 57.3 Å². The first-order chi connectivity index (χ1) is 13.4. The molecule has 1 fully saturated rings. The Morgan fingerprint density at radius 3 is 2.57 bits per heavy atom. The number of nitrogens with one attached hydrogen (secondary N) is 1. The highest BCUT2D eigenvalue weighted by molar-refractivity contribution is 8.00. The van der Waals surface area contributed by atoms with Crippen LogP contribution < -0.4 is 11.1 Å². The van der Waals surface area contributed by atoms with Gasteiger partial charge in [-0.1, -0.05) is 30.3 Å². The number of β-lactam (4-membered cyclic amide) rings is 1. The number of carboxylic acid groups (broad SMARTS) is 1. The molecule has 0 aliphatic carbocycles. The van der Waals surface area contributed by atoms with E-state index in [9.17, 15) is 29.1 Å². The Kier molecular flexibility index (Phi) is 5.36. The first kappa shape index (κ1) is 19.4. The summed E-state index contributed by atoms with van der Waals surface area (Å²) in [4.78, 5) is 59.7. The highest BCUT2D eigenvalue weighted by Crippen LogP contribution is 2.40. The van der Waals surface area contributed by atoms with Gasteiger partial charge in [-0.05, 0) is 0 Å². The molecule has 146 valence electrons. The lowest BCUT2D eigenvalue weighted by molar-refractivity contribution is -0.154. The van der Waals surface area contributed by atoms with E-state index in [1.54, 1.807) is 30.3 Å². The van der Waals surface area contributed by atoms with Crippen LogP contribution in [0.5, 0.6) is 0 Å². The van der Waals surface area contributed by atoms with Gasteiger partial charge in [-0.3, -0.25) is 24.1 Å². The van der Waals surface area contributed by atoms with Gasteiger partial charge in [0, 0.05) is 11.3 Å². The molecule has 28 heavy (non-hydrogen) atoms. The molecule has 2 aliphatic rings. The number of hydrogen-bond donors (Lipinski definition) is 3. The van der Waals surface area contributed by atoms with E-state index in [2.05, 4.69) is 5.32 Å². The third-order valence-electron chi connectivity index (χ3n) is 4.30. The van der Waals surface area contributed by atoms with Crippen molar-refractivity contribution in [3.05, 3.63) is 47.2 Å². The summed E-state index contributed by atoms with van der Waals surface area (Å²) in [5.74, 6) is -3.81. The number of nitrogens with zero attached hydrogens (tertiary/aromatic N) is 1. The number of ether oxygens (including phenoxy) is 1. The predicted molar refractivity (Wildman–Crippen MR) is 95.2 cm³/mol. The third-order valence-corrected chi connectivity index (χ3v) is 5.58. The van der Waals surface area contributed by atoms with E-state index in [4.69, 9.17) is 10.5 Å². The molecular formula is C17H15N3O7S. The number of benzene rings is 1. The number of thioether (sulfide) groups is 1. The van der Waals surface area contributed by atoms with Gasteiger partial charge in [-0.2, -0.15) is 0 Å². The molecule has 3 atom stereocenters. The average Bonchev–Trinajstić information content (AvgIpc) is 2.69. The maximum absolute atomic E-state index is 12.6. The molecule has 1 aromatic carbocycles. The molecule has 3 amide bonds. The SMILES string of the molecule is NC(=O)C1=C(C(=O)O)N2C(=O)C(NC(=O)C(OC=O)c3ccccc3)[C@@H]2SC1. The summed E-state index contributed by atoms with van der Waals surface area (Å²) in [5, 5.41) is 11.1. The highest BCUT2D eigenvalue weighted by atomic mass is 32.2. The summed E-state index contributed by atoms with van der Waals surface area (Å²) in [5.41, 5.74) is 4.96. The molecule has 10 nitrogen and oxygen atoms in total. The average molecular weight is 405 g/mol. The molecule has 0 spiro atoms. The number of rotatable bonds is 7. The van der Waals surface area contributed by atoms with Crippen molar-refractivity contribution < 1.29 is 33.8 Å². The third kappa shape index (κ3) is 3.31. The molecule has 2 unspecified atom stereocenters. The fourth-order valence-corrected chi connectivity index (χ4v) is 4.36. The molecule has 1 aromatic rings. The van der Waals surface area contributed by atoms with Gasteiger partial charge in [0.25, 0.3) is 18.3 Å². The van der Waals surface area contributed by atoms with Crippen molar-refractivity contribution in [3.8, 4) is 0 Å². The molecule has 0 saturated carbocycles. The smallest absolute Gasteiger partial charge is 0.353 e. The van der Waals surface area contributed by atoms with Crippen LogP contribution in [0.1, 0.15) is 11.7 Å². The van der Waals surface area contributed by atoms with Crippen LogP contribution >= 0.6 is 11.8 Å². The normalized spacial score (nSPS) is 21.9. The maximum atomic E-state index is 12.6. The lowest BCUT2D eigenvalue weighted by atomic mass is 10.0. The Morgan fingerprint density at radius 2 is 2.00 bits per heavy atom. The molecule has 0 aromatic heterocycles. The Morgan fingerprint density at radius 1 is 1.32 bits per heavy atom. The molecule has 1 saturated heterocycles. The lowest BCUT2D eigenvalue weighted by Crippen LogP contribution is -2.71. The van der Waals surface area contributed by atoms with E-state index >= 15 is 0 Å². The highest BCUT2D eigenvalue weighted by Gasteiger charge is 2.55. The Bertz CT molecular complexity index is 886. The monoisotopic (exact) mass is 405 g/mol. The molecule has 11 heteroatoms. The second-order valence-corrected chi connectivity index (χ2v) is 7.02. The van der Waals surface area contributed by atoms with Crippen molar-refractivity contribution in [1.82, 2.24) is 10.2 Å². The van der Waals surface area contributed by atoms with Gasteiger partial charge in [0.15, 0.2) is 0 Å². The van der Waals surface area contributed by atoms with Gasteiger partial charge in [0.2, 0.25) is 12.0 Å². The van der Waals surface area contributed by atoms with E-state index in [1.165, 1.54) is 0 Å². The van der Waals surface area contributed by atoms with Gasteiger partial charge >= 0.3 is 5.97 Å². The Balaban J connectivity index is 1.79. The summed E-state index contributed by atoms with van der Waals surface area (Å²) in [6, 6.07) is 7.19. The van der Waals surface area contributed by atoms with Crippen LogP contribution in [0.25, 0.3) is 0 Å². The van der Waals surface area contributed by atoms with Gasteiger partial charge in [-0.15, -0.1) is 11.8 Å².